The SMILES string of the molecule is Cc1cccc(NC(=O)Cn2nc(-c3ccc(Br)cc3)ccc2=O)c1. The van der Waals surface area contributed by atoms with Crippen LogP contribution in [0.1, 0.15) is 5.56 Å². The van der Waals surface area contributed by atoms with Gasteiger partial charge in [-0.1, -0.05) is 40.2 Å². The van der Waals surface area contributed by atoms with E-state index in [1.54, 1.807) is 12.1 Å². The summed E-state index contributed by atoms with van der Waals surface area (Å²) in [4.78, 5) is 24.2. The highest BCUT2D eigenvalue weighted by Crippen LogP contribution is 2.18. The van der Waals surface area contributed by atoms with Crippen LogP contribution in [0.25, 0.3) is 11.3 Å². The predicted molar refractivity (Wildman–Crippen MR) is 101 cm³/mol. The van der Waals surface area contributed by atoms with E-state index >= 15 is 0 Å². The summed E-state index contributed by atoms with van der Waals surface area (Å²) in [6.07, 6.45) is 0. The average molecular weight is 398 g/mol. The largest absolute Gasteiger partial charge is 0.324 e. The van der Waals surface area contributed by atoms with Gasteiger partial charge in [-0.05, 0) is 42.8 Å². The van der Waals surface area contributed by atoms with Crippen molar-refractivity contribution in [2.75, 3.05) is 5.32 Å². The van der Waals surface area contributed by atoms with Crippen LogP contribution < -0.4 is 10.9 Å². The molecule has 0 fully saturated rings. The van der Waals surface area contributed by atoms with Gasteiger partial charge in [-0.15, -0.1) is 0 Å². The highest BCUT2D eigenvalue weighted by molar-refractivity contribution is 9.10. The normalized spacial score (nSPS) is 10.5. The molecular formula is C19H16BrN3O2. The van der Waals surface area contributed by atoms with Crippen LogP contribution in [0.5, 0.6) is 0 Å². The van der Waals surface area contributed by atoms with Gasteiger partial charge >= 0.3 is 0 Å². The standard InChI is InChI=1S/C19H16BrN3O2/c1-13-3-2-4-16(11-13)21-18(24)12-23-19(25)10-9-17(22-23)14-5-7-15(20)8-6-14/h2-11H,12H2,1H3,(H,21,24). The van der Waals surface area contributed by atoms with Gasteiger partial charge in [0.15, 0.2) is 0 Å². The molecular weight excluding hydrogens is 382 g/mol. The summed E-state index contributed by atoms with van der Waals surface area (Å²) in [5.41, 5.74) is 2.93. The van der Waals surface area contributed by atoms with Gasteiger partial charge in [0, 0.05) is 21.8 Å². The highest BCUT2D eigenvalue weighted by atomic mass is 79.9. The fourth-order valence-electron chi connectivity index (χ4n) is 2.40. The first kappa shape index (κ1) is 17.1. The van der Waals surface area contributed by atoms with Crippen molar-refractivity contribution in [3.63, 3.8) is 0 Å². The molecule has 1 aromatic heterocycles. The van der Waals surface area contributed by atoms with E-state index in [2.05, 4.69) is 26.3 Å². The van der Waals surface area contributed by atoms with Crippen molar-refractivity contribution in [1.82, 2.24) is 9.78 Å². The number of anilines is 1. The number of halogens is 1. The third-order valence-electron chi connectivity index (χ3n) is 3.60. The van der Waals surface area contributed by atoms with Crippen LogP contribution in [0.3, 0.4) is 0 Å². The molecule has 0 aliphatic heterocycles. The van der Waals surface area contributed by atoms with E-state index in [1.807, 2.05) is 49.4 Å². The number of nitrogens with zero attached hydrogens (tertiary/aromatic N) is 2. The van der Waals surface area contributed by atoms with Crippen LogP contribution in [0, 0.1) is 6.92 Å². The smallest absolute Gasteiger partial charge is 0.267 e. The molecule has 0 spiro atoms. The Morgan fingerprint density at radius 1 is 1.12 bits per heavy atom. The Morgan fingerprint density at radius 2 is 1.88 bits per heavy atom. The second-order valence-corrected chi connectivity index (χ2v) is 6.55. The van der Waals surface area contributed by atoms with Gasteiger partial charge in [0.05, 0.1) is 5.69 Å². The topological polar surface area (TPSA) is 64.0 Å². The Labute approximate surface area is 153 Å². The molecule has 3 aromatic rings. The lowest BCUT2D eigenvalue weighted by molar-refractivity contribution is -0.117. The van der Waals surface area contributed by atoms with Crippen molar-refractivity contribution in [3.05, 3.63) is 81.1 Å². The maximum atomic E-state index is 12.2. The number of hydrogen-bond acceptors (Lipinski definition) is 3. The molecule has 1 N–H and O–H groups in total. The Bertz CT molecular complexity index is 965. The van der Waals surface area contributed by atoms with Gasteiger partial charge in [-0.3, -0.25) is 9.59 Å². The Hall–Kier alpha value is -2.73. The first-order valence-corrected chi connectivity index (χ1v) is 8.51. The van der Waals surface area contributed by atoms with Crippen molar-refractivity contribution in [3.8, 4) is 11.3 Å². The molecule has 0 saturated carbocycles. The number of carbonyl (C=O) groups is 1. The zero-order valence-corrected chi connectivity index (χ0v) is 15.2. The van der Waals surface area contributed by atoms with Gasteiger partial charge in [0.1, 0.15) is 6.54 Å². The molecule has 0 aliphatic carbocycles. The molecule has 5 nitrogen and oxygen atoms in total. The molecule has 126 valence electrons. The Morgan fingerprint density at radius 3 is 2.60 bits per heavy atom. The predicted octanol–water partition coefficient (Wildman–Crippen LogP) is 3.62. The fraction of sp³-hybridized carbons (Fsp3) is 0.105. The van der Waals surface area contributed by atoms with E-state index in [-0.39, 0.29) is 18.0 Å². The number of nitrogens with one attached hydrogen (secondary N) is 1. The van der Waals surface area contributed by atoms with Crippen LogP contribution in [0.4, 0.5) is 5.69 Å². The van der Waals surface area contributed by atoms with Gasteiger partial charge in [0.25, 0.3) is 5.56 Å². The van der Waals surface area contributed by atoms with Crippen molar-refractivity contribution < 1.29 is 4.79 Å². The zero-order valence-electron chi connectivity index (χ0n) is 13.6. The molecule has 0 aliphatic rings. The van der Waals surface area contributed by atoms with Crippen LogP contribution in [-0.2, 0) is 11.3 Å². The van der Waals surface area contributed by atoms with Crippen LogP contribution in [0.15, 0.2) is 69.9 Å². The molecule has 0 unspecified atom stereocenters. The van der Waals surface area contributed by atoms with E-state index in [9.17, 15) is 9.59 Å². The number of aryl methyl sites for hydroxylation is 1. The number of hydrogen-bond donors (Lipinski definition) is 1. The number of aromatic nitrogens is 2. The van der Waals surface area contributed by atoms with Gasteiger partial charge in [0.2, 0.25) is 5.91 Å². The summed E-state index contributed by atoms with van der Waals surface area (Å²) >= 11 is 3.38. The second-order valence-electron chi connectivity index (χ2n) is 5.64. The Balaban J connectivity index is 1.80. The van der Waals surface area contributed by atoms with Crippen LogP contribution in [0.2, 0.25) is 0 Å². The van der Waals surface area contributed by atoms with Crippen LogP contribution in [-0.4, -0.2) is 15.7 Å². The maximum absolute atomic E-state index is 12.2. The molecule has 25 heavy (non-hydrogen) atoms. The summed E-state index contributed by atoms with van der Waals surface area (Å²) in [7, 11) is 0. The van der Waals surface area contributed by atoms with Gasteiger partial charge < -0.3 is 5.32 Å². The lowest BCUT2D eigenvalue weighted by Gasteiger charge is -2.09. The quantitative estimate of drug-likeness (QED) is 0.730. The first-order chi connectivity index (χ1) is 12.0. The highest BCUT2D eigenvalue weighted by Gasteiger charge is 2.08. The molecule has 3 rings (SSSR count). The molecule has 2 aromatic carbocycles. The van der Waals surface area contributed by atoms with Crippen molar-refractivity contribution in [2.24, 2.45) is 0 Å². The van der Waals surface area contributed by atoms with E-state index in [1.165, 1.54) is 10.7 Å². The molecule has 1 heterocycles. The minimum atomic E-state index is -0.319. The number of rotatable bonds is 4. The zero-order chi connectivity index (χ0) is 17.8. The minimum absolute atomic E-state index is 0.142. The molecule has 6 heteroatoms. The Kier molecular flexibility index (Phi) is 5.09. The van der Waals surface area contributed by atoms with Crippen molar-refractivity contribution in [1.29, 1.82) is 0 Å². The van der Waals surface area contributed by atoms with Crippen molar-refractivity contribution in [2.45, 2.75) is 13.5 Å². The average Bonchev–Trinajstić information content (AvgIpc) is 2.57. The van der Waals surface area contributed by atoms with Crippen molar-refractivity contribution >= 4 is 27.5 Å². The lowest BCUT2D eigenvalue weighted by atomic mass is 10.1. The molecule has 0 atom stereocenters. The summed E-state index contributed by atoms with van der Waals surface area (Å²) in [6.45, 7) is 1.81. The van der Waals surface area contributed by atoms with E-state index in [0.29, 0.717) is 11.4 Å². The number of carbonyl (C=O) groups excluding carboxylic acids is 1. The molecule has 0 bridgehead atoms. The van der Waals surface area contributed by atoms with Gasteiger partial charge in [-0.25, -0.2) is 4.68 Å². The van der Waals surface area contributed by atoms with Crippen LogP contribution >= 0.6 is 15.9 Å². The molecule has 0 radical (unpaired) electrons. The summed E-state index contributed by atoms with van der Waals surface area (Å²) < 4.78 is 2.13. The number of benzene rings is 2. The minimum Gasteiger partial charge on any atom is -0.324 e. The van der Waals surface area contributed by atoms with E-state index in [0.717, 1.165) is 15.6 Å². The lowest BCUT2D eigenvalue weighted by Crippen LogP contribution is -2.29. The maximum Gasteiger partial charge on any atom is 0.267 e. The summed E-state index contributed by atoms with van der Waals surface area (Å²) in [6, 6.07) is 18.2. The summed E-state index contributed by atoms with van der Waals surface area (Å²) in [5.74, 6) is -0.298. The second kappa shape index (κ2) is 7.44. The first-order valence-electron chi connectivity index (χ1n) is 7.72. The number of amides is 1. The summed E-state index contributed by atoms with van der Waals surface area (Å²) in [5, 5.41) is 7.08. The third-order valence-corrected chi connectivity index (χ3v) is 4.13. The van der Waals surface area contributed by atoms with E-state index in [4.69, 9.17) is 0 Å². The van der Waals surface area contributed by atoms with Gasteiger partial charge in [-0.2, -0.15) is 5.10 Å². The van der Waals surface area contributed by atoms with E-state index < -0.39 is 0 Å². The monoisotopic (exact) mass is 397 g/mol. The molecule has 0 saturated heterocycles. The fourth-order valence-corrected chi connectivity index (χ4v) is 2.66. The third kappa shape index (κ3) is 4.42. The molecule has 1 amide bonds.